The lowest BCUT2D eigenvalue weighted by molar-refractivity contribution is 0.101. The van der Waals surface area contributed by atoms with Crippen molar-refractivity contribution in [2.24, 2.45) is 7.05 Å². The van der Waals surface area contributed by atoms with E-state index in [0.29, 0.717) is 22.9 Å². The molecule has 24 heavy (non-hydrogen) atoms. The maximum absolute atomic E-state index is 12.7. The number of amides is 1. The number of nitrogens with one attached hydrogen (secondary N) is 1. The molecule has 1 fully saturated rings. The molecule has 4 rings (SSSR count). The van der Waals surface area contributed by atoms with E-state index in [1.165, 1.54) is 11.0 Å². The number of fused-ring (bicyclic) bond motifs is 1. The van der Waals surface area contributed by atoms with Crippen molar-refractivity contribution in [1.82, 2.24) is 14.3 Å². The van der Waals surface area contributed by atoms with Crippen LogP contribution in [0.1, 0.15) is 35.8 Å². The molecular formula is C18H18N4O2. The highest BCUT2D eigenvalue weighted by atomic mass is 16.2. The van der Waals surface area contributed by atoms with Gasteiger partial charge in [-0.1, -0.05) is 18.2 Å². The molecular weight excluding hydrogens is 304 g/mol. The maximum Gasteiger partial charge on any atom is 0.273 e. The number of rotatable bonds is 3. The molecule has 0 radical (unpaired) electrons. The smallest absolute Gasteiger partial charge is 0.273 e. The predicted octanol–water partition coefficient (Wildman–Crippen LogP) is 2.71. The van der Waals surface area contributed by atoms with Crippen molar-refractivity contribution >= 4 is 22.5 Å². The second-order valence-electron chi connectivity index (χ2n) is 6.18. The monoisotopic (exact) mass is 322 g/mol. The van der Waals surface area contributed by atoms with E-state index in [1.54, 1.807) is 31.4 Å². The summed E-state index contributed by atoms with van der Waals surface area (Å²) in [5.41, 5.74) is 0.158. The van der Waals surface area contributed by atoms with Crippen LogP contribution in [0.25, 0.3) is 10.8 Å². The summed E-state index contributed by atoms with van der Waals surface area (Å²) in [5.74, 6) is 0.367. The molecule has 2 heterocycles. The Bertz CT molecular complexity index is 982. The molecule has 1 aromatic carbocycles. The molecule has 0 saturated heterocycles. The molecule has 0 aliphatic heterocycles. The van der Waals surface area contributed by atoms with Gasteiger partial charge in [-0.05, 0) is 36.8 Å². The molecule has 0 spiro atoms. The number of aromatic nitrogens is 3. The summed E-state index contributed by atoms with van der Waals surface area (Å²) in [4.78, 5) is 25.1. The molecule has 122 valence electrons. The molecule has 1 aliphatic carbocycles. The lowest BCUT2D eigenvalue weighted by atomic mass is 9.93. The zero-order valence-electron chi connectivity index (χ0n) is 13.4. The average molecular weight is 322 g/mol. The summed E-state index contributed by atoms with van der Waals surface area (Å²) in [6, 6.07) is 11.2. The third kappa shape index (κ3) is 2.31. The van der Waals surface area contributed by atoms with Gasteiger partial charge in [-0.15, -0.1) is 0 Å². The standard InChI is InChI=1S/C18H18N4O2/c1-21-15(11-12-5-2-3-8-14(12)18(21)24)17(23)20-16-9-10-19-22(16)13-6-4-7-13/h2-3,5,8-11,13H,4,6-7H2,1H3,(H,20,23). The Morgan fingerprint density at radius 2 is 2.04 bits per heavy atom. The van der Waals surface area contributed by atoms with Gasteiger partial charge < -0.3 is 9.88 Å². The topological polar surface area (TPSA) is 68.9 Å². The summed E-state index contributed by atoms with van der Waals surface area (Å²) in [5, 5.41) is 8.57. The van der Waals surface area contributed by atoms with Crippen molar-refractivity contribution in [3.8, 4) is 0 Å². The van der Waals surface area contributed by atoms with Crippen LogP contribution in [0.5, 0.6) is 0 Å². The zero-order valence-corrected chi connectivity index (χ0v) is 13.4. The number of hydrogen-bond acceptors (Lipinski definition) is 3. The number of carbonyl (C=O) groups is 1. The van der Waals surface area contributed by atoms with Crippen molar-refractivity contribution in [2.75, 3.05) is 5.32 Å². The van der Waals surface area contributed by atoms with E-state index in [2.05, 4.69) is 10.4 Å². The van der Waals surface area contributed by atoms with Gasteiger partial charge in [0, 0.05) is 18.5 Å². The predicted molar refractivity (Wildman–Crippen MR) is 92.3 cm³/mol. The molecule has 1 aliphatic rings. The Kier molecular flexibility index (Phi) is 3.45. The van der Waals surface area contributed by atoms with Crippen LogP contribution in [-0.4, -0.2) is 20.3 Å². The normalized spacial score (nSPS) is 14.5. The molecule has 6 heteroatoms. The first kappa shape index (κ1) is 14.7. The van der Waals surface area contributed by atoms with Crippen molar-refractivity contribution in [2.45, 2.75) is 25.3 Å². The van der Waals surface area contributed by atoms with Crippen molar-refractivity contribution in [1.29, 1.82) is 0 Å². The number of hydrogen-bond donors (Lipinski definition) is 1. The third-order valence-electron chi connectivity index (χ3n) is 4.71. The second-order valence-corrected chi connectivity index (χ2v) is 6.18. The van der Waals surface area contributed by atoms with E-state index in [0.717, 1.165) is 18.2 Å². The molecule has 1 N–H and O–H groups in total. The number of nitrogens with zero attached hydrogens (tertiary/aromatic N) is 3. The molecule has 3 aromatic rings. The minimum Gasteiger partial charge on any atom is -0.307 e. The van der Waals surface area contributed by atoms with Crippen LogP contribution in [0.3, 0.4) is 0 Å². The van der Waals surface area contributed by atoms with Gasteiger partial charge >= 0.3 is 0 Å². The van der Waals surface area contributed by atoms with Gasteiger partial charge in [0.05, 0.1) is 12.2 Å². The molecule has 2 aromatic heterocycles. The summed E-state index contributed by atoms with van der Waals surface area (Å²) < 4.78 is 3.25. The van der Waals surface area contributed by atoms with Crippen LogP contribution in [0.4, 0.5) is 5.82 Å². The Labute approximate surface area is 138 Å². The first-order chi connectivity index (χ1) is 11.6. The van der Waals surface area contributed by atoms with Crippen LogP contribution in [0, 0.1) is 0 Å². The van der Waals surface area contributed by atoms with E-state index < -0.39 is 0 Å². The van der Waals surface area contributed by atoms with Gasteiger partial charge in [0.2, 0.25) is 0 Å². The van der Waals surface area contributed by atoms with Crippen LogP contribution in [0.2, 0.25) is 0 Å². The van der Waals surface area contributed by atoms with Crippen molar-refractivity contribution < 1.29 is 4.79 Å². The minimum atomic E-state index is -0.304. The second kappa shape index (κ2) is 5.63. The van der Waals surface area contributed by atoms with Gasteiger partial charge in [-0.25, -0.2) is 4.68 Å². The van der Waals surface area contributed by atoms with Crippen molar-refractivity contribution in [3.63, 3.8) is 0 Å². The highest BCUT2D eigenvalue weighted by Gasteiger charge is 2.23. The Hall–Kier alpha value is -2.89. The third-order valence-corrected chi connectivity index (χ3v) is 4.71. The molecule has 0 bridgehead atoms. The van der Waals surface area contributed by atoms with E-state index in [9.17, 15) is 9.59 Å². The highest BCUT2D eigenvalue weighted by Crippen LogP contribution is 2.33. The summed E-state index contributed by atoms with van der Waals surface area (Å²) in [6.07, 6.45) is 5.04. The molecule has 1 amide bonds. The number of pyridine rings is 1. The lowest BCUT2D eigenvalue weighted by Gasteiger charge is -2.27. The van der Waals surface area contributed by atoms with E-state index in [-0.39, 0.29) is 11.5 Å². The summed E-state index contributed by atoms with van der Waals surface area (Å²) in [7, 11) is 1.62. The number of carbonyl (C=O) groups excluding carboxylic acids is 1. The Morgan fingerprint density at radius 3 is 2.79 bits per heavy atom. The summed E-state index contributed by atoms with van der Waals surface area (Å²) in [6.45, 7) is 0. The van der Waals surface area contributed by atoms with Gasteiger partial charge in [-0.2, -0.15) is 5.10 Å². The van der Waals surface area contributed by atoms with Gasteiger partial charge in [0.25, 0.3) is 11.5 Å². The SMILES string of the molecule is Cn1c(C(=O)Nc2ccnn2C2CCC2)cc2ccccc2c1=O. The molecule has 1 saturated carbocycles. The van der Waals surface area contributed by atoms with Crippen LogP contribution in [-0.2, 0) is 7.05 Å². The Balaban J connectivity index is 1.70. The van der Waals surface area contributed by atoms with Gasteiger partial charge in [0.15, 0.2) is 0 Å². The quantitative estimate of drug-likeness (QED) is 0.806. The fourth-order valence-corrected chi connectivity index (χ4v) is 3.09. The van der Waals surface area contributed by atoms with Crippen molar-refractivity contribution in [3.05, 3.63) is 58.6 Å². The van der Waals surface area contributed by atoms with Gasteiger partial charge in [-0.3, -0.25) is 9.59 Å². The number of anilines is 1. The molecule has 0 atom stereocenters. The molecule has 6 nitrogen and oxygen atoms in total. The first-order valence-electron chi connectivity index (χ1n) is 8.09. The minimum absolute atomic E-state index is 0.175. The fourth-order valence-electron chi connectivity index (χ4n) is 3.09. The zero-order chi connectivity index (χ0) is 16.7. The van der Waals surface area contributed by atoms with Gasteiger partial charge in [0.1, 0.15) is 11.5 Å². The lowest BCUT2D eigenvalue weighted by Crippen LogP contribution is -2.28. The number of benzene rings is 1. The maximum atomic E-state index is 12.7. The summed E-state index contributed by atoms with van der Waals surface area (Å²) >= 11 is 0. The van der Waals surface area contributed by atoms with E-state index in [1.807, 2.05) is 22.9 Å². The Morgan fingerprint density at radius 1 is 1.25 bits per heavy atom. The molecule has 0 unspecified atom stereocenters. The van der Waals surface area contributed by atoms with Crippen LogP contribution in [0.15, 0.2) is 47.4 Å². The van der Waals surface area contributed by atoms with Crippen LogP contribution >= 0.6 is 0 Å². The van der Waals surface area contributed by atoms with Crippen LogP contribution < -0.4 is 10.9 Å². The van der Waals surface area contributed by atoms with E-state index in [4.69, 9.17) is 0 Å². The largest absolute Gasteiger partial charge is 0.307 e. The average Bonchev–Trinajstić information content (AvgIpc) is 2.97. The first-order valence-corrected chi connectivity index (χ1v) is 8.09. The van der Waals surface area contributed by atoms with E-state index >= 15 is 0 Å². The fraction of sp³-hybridized carbons (Fsp3) is 0.278. The highest BCUT2D eigenvalue weighted by molar-refractivity contribution is 6.04.